The number of hydrogen-bond donors (Lipinski definition) is 1. The maximum atomic E-state index is 12.7. The van der Waals surface area contributed by atoms with Crippen molar-refractivity contribution in [2.75, 3.05) is 11.9 Å². The van der Waals surface area contributed by atoms with Crippen molar-refractivity contribution in [1.29, 1.82) is 0 Å². The minimum atomic E-state index is -0.283. The first-order valence-electron chi connectivity index (χ1n) is 13.7. The molecule has 4 aromatic carbocycles. The summed E-state index contributed by atoms with van der Waals surface area (Å²) in [5.74, 6) is 1.35. The van der Waals surface area contributed by atoms with Crippen LogP contribution in [0.15, 0.2) is 120 Å². The van der Waals surface area contributed by atoms with Crippen molar-refractivity contribution >= 4 is 11.6 Å². The Bertz CT molecular complexity index is 1590. The summed E-state index contributed by atoms with van der Waals surface area (Å²) < 4.78 is 12.0. The van der Waals surface area contributed by atoms with Gasteiger partial charge in [-0.3, -0.25) is 9.69 Å². The van der Waals surface area contributed by atoms with Crippen molar-refractivity contribution in [3.63, 3.8) is 0 Å². The zero-order valence-corrected chi connectivity index (χ0v) is 22.5. The number of nitrogens with zero attached hydrogens (tertiary/aromatic N) is 1. The fourth-order valence-corrected chi connectivity index (χ4v) is 5.40. The van der Waals surface area contributed by atoms with Crippen LogP contribution in [0.1, 0.15) is 50.2 Å². The van der Waals surface area contributed by atoms with Gasteiger partial charge in [0.2, 0.25) is 0 Å². The molecule has 1 aromatic heterocycles. The Balaban J connectivity index is 1.19. The minimum absolute atomic E-state index is 0.134. The van der Waals surface area contributed by atoms with E-state index in [-0.39, 0.29) is 24.3 Å². The summed E-state index contributed by atoms with van der Waals surface area (Å²) in [7, 11) is 0. The highest BCUT2D eigenvalue weighted by Crippen LogP contribution is 2.38. The van der Waals surface area contributed by atoms with Gasteiger partial charge in [-0.25, -0.2) is 0 Å². The monoisotopic (exact) mass is 528 g/mol. The van der Waals surface area contributed by atoms with Crippen LogP contribution in [0, 0.1) is 6.92 Å². The second-order valence-corrected chi connectivity index (χ2v) is 10.3. The summed E-state index contributed by atoms with van der Waals surface area (Å²) in [5.41, 5.74) is 7.00. The van der Waals surface area contributed by atoms with E-state index in [4.69, 9.17) is 9.15 Å². The minimum Gasteiger partial charge on any atom is -0.486 e. The number of hydrogen-bond acceptors (Lipinski definition) is 4. The second-order valence-electron chi connectivity index (χ2n) is 10.3. The molecule has 40 heavy (non-hydrogen) atoms. The van der Waals surface area contributed by atoms with Crippen LogP contribution in [-0.4, -0.2) is 17.4 Å². The van der Waals surface area contributed by atoms with Crippen molar-refractivity contribution in [2.24, 2.45) is 0 Å². The molecule has 0 bridgehead atoms. The topological polar surface area (TPSA) is 54.7 Å². The molecule has 1 aliphatic heterocycles. The third-order valence-electron chi connectivity index (χ3n) is 7.33. The third-order valence-corrected chi connectivity index (χ3v) is 7.33. The normalized spacial score (nSPS) is 14.9. The molecule has 0 saturated carbocycles. The number of amides is 1. The quantitative estimate of drug-likeness (QED) is 0.226. The van der Waals surface area contributed by atoms with Gasteiger partial charge < -0.3 is 14.5 Å². The first-order chi connectivity index (χ1) is 19.6. The Kier molecular flexibility index (Phi) is 7.47. The van der Waals surface area contributed by atoms with Crippen LogP contribution in [0.3, 0.4) is 0 Å². The number of furan rings is 1. The Morgan fingerprint density at radius 3 is 2.50 bits per heavy atom. The van der Waals surface area contributed by atoms with Crippen molar-refractivity contribution in [1.82, 2.24) is 4.90 Å². The summed E-state index contributed by atoms with van der Waals surface area (Å²) in [5, 5.41) is 2.88. The molecular weight excluding hydrogens is 496 g/mol. The number of aryl methyl sites for hydroxylation is 1. The van der Waals surface area contributed by atoms with Crippen LogP contribution < -0.4 is 10.1 Å². The van der Waals surface area contributed by atoms with E-state index in [1.54, 1.807) is 12.1 Å². The Morgan fingerprint density at radius 1 is 0.900 bits per heavy atom. The molecule has 0 fully saturated rings. The van der Waals surface area contributed by atoms with E-state index in [1.165, 1.54) is 22.3 Å². The molecule has 0 spiro atoms. The van der Waals surface area contributed by atoms with Gasteiger partial charge in [0.1, 0.15) is 18.1 Å². The zero-order valence-electron chi connectivity index (χ0n) is 22.5. The molecule has 5 aromatic rings. The number of nitrogens with one attached hydrogen (secondary N) is 1. The maximum Gasteiger partial charge on any atom is 0.291 e. The molecule has 2 heterocycles. The zero-order chi connectivity index (χ0) is 27.3. The molecule has 5 heteroatoms. The van der Waals surface area contributed by atoms with Crippen molar-refractivity contribution in [3.05, 3.63) is 155 Å². The molecule has 1 amide bonds. The fraction of sp³-hybridized carbons (Fsp3) is 0.171. The molecular formula is C35H32N2O3. The highest BCUT2D eigenvalue weighted by atomic mass is 16.5. The lowest BCUT2D eigenvalue weighted by molar-refractivity contribution is 0.0992. The number of carbonyl (C=O) groups excluding carboxylic acids is 1. The van der Waals surface area contributed by atoms with Crippen LogP contribution in [0.5, 0.6) is 5.75 Å². The standard InChI is InChI=1S/C35H32N2O3/c1-25-9-8-14-29(21-25)36-35(38)33-18-17-31(40-33)24-39-30-16-15-27-19-20-37(23-26-10-4-2-5-11-26)34(32(27)22-30)28-12-6-3-7-13-28/h2-18,21-22,34H,19-20,23-24H2,1H3,(H,36,38). The van der Waals surface area contributed by atoms with Crippen LogP contribution >= 0.6 is 0 Å². The molecule has 1 unspecified atom stereocenters. The summed E-state index contributed by atoms with van der Waals surface area (Å²) >= 11 is 0. The lowest BCUT2D eigenvalue weighted by atomic mass is 9.87. The van der Waals surface area contributed by atoms with Gasteiger partial charge in [0.15, 0.2) is 5.76 Å². The lowest BCUT2D eigenvalue weighted by Gasteiger charge is -2.38. The van der Waals surface area contributed by atoms with Gasteiger partial charge in [-0.15, -0.1) is 0 Å². The summed E-state index contributed by atoms with van der Waals surface area (Å²) in [6.45, 7) is 4.09. The average Bonchev–Trinajstić information content (AvgIpc) is 3.46. The van der Waals surface area contributed by atoms with Gasteiger partial charge in [-0.2, -0.15) is 0 Å². The number of ether oxygens (including phenoxy) is 1. The molecule has 0 aliphatic carbocycles. The first-order valence-corrected chi connectivity index (χ1v) is 13.7. The molecule has 0 saturated heterocycles. The number of carbonyl (C=O) groups is 1. The van der Waals surface area contributed by atoms with Crippen molar-refractivity contribution < 1.29 is 13.9 Å². The van der Waals surface area contributed by atoms with E-state index in [9.17, 15) is 4.79 Å². The van der Waals surface area contributed by atoms with Gasteiger partial charge in [-0.1, -0.05) is 78.9 Å². The summed E-state index contributed by atoms with van der Waals surface area (Å²) in [6.07, 6.45) is 0.989. The fourth-order valence-electron chi connectivity index (χ4n) is 5.40. The van der Waals surface area contributed by atoms with Crippen LogP contribution in [-0.2, 0) is 19.6 Å². The SMILES string of the molecule is Cc1cccc(NC(=O)c2ccc(COc3ccc4c(c3)C(c3ccccc3)N(Cc3ccccc3)CC4)o2)c1. The predicted octanol–water partition coefficient (Wildman–Crippen LogP) is 7.57. The van der Waals surface area contributed by atoms with E-state index >= 15 is 0 Å². The highest BCUT2D eigenvalue weighted by molar-refractivity contribution is 6.02. The lowest BCUT2D eigenvalue weighted by Crippen LogP contribution is -2.35. The molecule has 1 N–H and O–H groups in total. The summed E-state index contributed by atoms with van der Waals surface area (Å²) in [6, 6.07) is 39.0. The number of anilines is 1. The van der Waals surface area contributed by atoms with Gasteiger partial charge in [0.05, 0.1) is 6.04 Å². The van der Waals surface area contributed by atoms with Crippen LogP contribution in [0.25, 0.3) is 0 Å². The Labute approximate surface area is 235 Å². The molecule has 1 aliphatic rings. The predicted molar refractivity (Wildman–Crippen MR) is 157 cm³/mol. The number of fused-ring (bicyclic) bond motifs is 1. The van der Waals surface area contributed by atoms with Gasteiger partial charge in [0, 0.05) is 18.8 Å². The molecule has 5 nitrogen and oxygen atoms in total. The Hall–Kier alpha value is -4.61. The largest absolute Gasteiger partial charge is 0.486 e. The maximum absolute atomic E-state index is 12.7. The van der Waals surface area contributed by atoms with Crippen molar-refractivity contribution in [3.8, 4) is 5.75 Å². The van der Waals surface area contributed by atoms with E-state index in [0.717, 1.165) is 36.5 Å². The van der Waals surface area contributed by atoms with E-state index < -0.39 is 0 Å². The highest BCUT2D eigenvalue weighted by Gasteiger charge is 2.29. The van der Waals surface area contributed by atoms with Crippen LogP contribution in [0.2, 0.25) is 0 Å². The number of rotatable bonds is 8. The van der Waals surface area contributed by atoms with E-state index in [1.807, 2.05) is 37.3 Å². The van der Waals surface area contributed by atoms with E-state index in [2.05, 4.69) is 83.0 Å². The van der Waals surface area contributed by atoms with Gasteiger partial charge in [-0.05, 0) is 77.6 Å². The average molecular weight is 529 g/mol. The Morgan fingerprint density at radius 2 is 1.70 bits per heavy atom. The van der Waals surface area contributed by atoms with E-state index in [0.29, 0.717) is 5.76 Å². The summed E-state index contributed by atoms with van der Waals surface area (Å²) in [4.78, 5) is 15.2. The third kappa shape index (κ3) is 5.85. The molecule has 200 valence electrons. The second kappa shape index (κ2) is 11.6. The smallest absolute Gasteiger partial charge is 0.291 e. The van der Waals surface area contributed by atoms with Crippen LogP contribution in [0.4, 0.5) is 5.69 Å². The van der Waals surface area contributed by atoms with Crippen molar-refractivity contribution in [2.45, 2.75) is 32.5 Å². The molecule has 0 radical (unpaired) electrons. The molecule has 1 atom stereocenters. The van der Waals surface area contributed by atoms with Gasteiger partial charge in [0.25, 0.3) is 5.91 Å². The molecule has 6 rings (SSSR count). The number of benzene rings is 4. The first kappa shape index (κ1) is 25.7. The van der Waals surface area contributed by atoms with Gasteiger partial charge >= 0.3 is 0 Å².